The zero-order chi connectivity index (χ0) is 14.4. The minimum absolute atomic E-state index is 0.194. The number of benzene rings is 1. The maximum absolute atomic E-state index is 11.8. The van der Waals surface area contributed by atoms with Crippen molar-refractivity contribution in [2.24, 2.45) is 0 Å². The third-order valence-corrected chi connectivity index (χ3v) is 2.94. The van der Waals surface area contributed by atoms with Gasteiger partial charge in [-0.1, -0.05) is 18.2 Å². The molecule has 0 aliphatic carbocycles. The number of carbonyl (C=O) groups excluding carboxylic acids is 1. The van der Waals surface area contributed by atoms with Crippen LogP contribution in [-0.4, -0.2) is 19.6 Å². The molecule has 5 heteroatoms. The number of para-hydroxylation sites is 1. The number of rotatable bonds is 5. The van der Waals surface area contributed by atoms with Crippen LogP contribution in [0.5, 0.6) is 5.75 Å². The first-order valence-electron chi connectivity index (χ1n) is 6.29. The van der Waals surface area contributed by atoms with E-state index in [1.54, 1.807) is 7.11 Å². The van der Waals surface area contributed by atoms with Gasteiger partial charge in [-0.2, -0.15) is 4.73 Å². The van der Waals surface area contributed by atoms with Crippen LogP contribution < -0.4 is 14.8 Å². The second-order valence-electron chi connectivity index (χ2n) is 4.26. The minimum Gasteiger partial charge on any atom is -0.619 e. The molecule has 0 bridgehead atoms. The van der Waals surface area contributed by atoms with E-state index in [0.717, 1.165) is 11.3 Å². The van der Waals surface area contributed by atoms with E-state index in [2.05, 4.69) is 5.32 Å². The third-order valence-electron chi connectivity index (χ3n) is 2.94. The first kappa shape index (κ1) is 13.9. The van der Waals surface area contributed by atoms with Crippen LogP contribution in [0.4, 0.5) is 0 Å². The van der Waals surface area contributed by atoms with Crippen molar-refractivity contribution in [2.45, 2.75) is 6.42 Å². The number of methoxy groups -OCH3 is 1. The number of ether oxygens (including phenoxy) is 1. The van der Waals surface area contributed by atoms with Gasteiger partial charge in [-0.3, -0.25) is 4.79 Å². The molecule has 1 N–H and O–H groups in total. The number of hydrogen-bond donors (Lipinski definition) is 1. The second kappa shape index (κ2) is 6.56. The van der Waals surface area contributed by atoms with E-state index < -0.39 is 0 Å². The second-order valence-corrected chi connectivity index (χ2v) is 4.26. The van der Waals surface area contributed by atoms with Crippen LogP contribution in [0.15, 0.2) is 48.8 Å². The summed E-state index contributed by atoms with van der Waals surface area (Å²) in [7, 11) is 1.62. The van der Waals surface area contributed by atoms with Crippen LogP contribution in [0.3, 0.4) is 0 Å². The smallest absolute Gasteiger partial charge is 0.251 e. The van der Waals surface area contributed by atoms with E-state index in [1.165, 1.54) is 24.5 Å². The quantitative estimate of drug-likeness (QED) is 0.659. The molecule has 104 valence electrons. The summed E-state index contributed by atoms with van der Waals surface area (Å²) < 4.78 is 5.89. The lowest BCUT2D eigenvalue weighted by Crippen LogP contribution is -2.28. The van der Waals surface area contributed by atoms with Gasteiger partial charge in [0.15, 0.2) is 12.4 Å². The molecule has 0 saturated carbocycles. The molecule has 0 aliphatic heterocycles. The lowest BCUT2D eigenvalue weighted by Gasteiger charge is -2.09. The summed E-state index contributed by atoms with van der Waals surface area (Å²) in [4.78, 5) is 11.8. The van der Waals surface area contributed by atoms with Crippen LogP contribution in [-0.2, 0) is 6.42 Å². The van der Waals surface area contributed by atoms with E-state index in [4.69, 9.17) is 4.74 Å². The summed E-state index contributed by atoms with van der Waals surface area (Å²) in [5.74, 6) is 0.620. The normalized spacial score (nSPS) is 10.1. The Morgan fingerprint density at radius 1 is 1.25 bits per heavy atom. The van der Waals surface area contributed by atoms with E-state index in [9.17, 15) is 10.0 Å². The van der Waals surface area contributed by atoms with Crippen LogP contribution in [0.2, 0.25) is 0 Å². The average Bonchev–Trinajstić information content (AvgIpc) is 2.48. The Labute approximate surface area is 117 Å². The van der Waals surface area contributed by atoms with E-state index in [1.807, 2.05) is 24.3 Å². The predicted octanol–water partition coefficient (Wildman–Crippen LogP) is 1.30. The first-order chi connectivity index (χ1) is 9.70. The Kier molecular flexibility index (Phi) is 4.55. The Balaban J connectivity index is 1.89. The van der Waals surface area contributed by atoms with Crippen LogP contribution in [0.25, 0.3) is 0 Å². The summed E-state index contributed by atoms with van der Waals surface area (Å²) in [5.41, 5.74) is 1.51. The van der Waals surface area contributed by atoms with Gasteiger partial charge in [0.1, 0.15) is 5.75 Å². The van der Waals surface area contributed by atoms with Crippen LogP contribution in [0.1, 0.15) is 15.9 Å². The molecule has 0 spiro atoms. The lowest BCUT2D eigenvalue weighted by atomic mass is 10.1. The average molecular weight is 272 g/mol. The number of nitrogens with zero attached hydrogens (tertiary/aromatic N) is 1. The van der Waals surface area contributed by atoms with E-state index in [0.29, 0.717) is 23.3 Å². The molecule has 2 rings (SSSR count). The maximum Gasteiger partial charge on any atom is 0.251 e. The topological polar surface area (TPSA) is 65.3 Å². The number of nitrogens with one attached hydrogen (secondary N) is 1. The van der Waals surface area contributed by atoms with Crippen molar-refractivity contribution >= 4 is 5.91 Å². The molecular weight excluding hydrogens is 256 g/mol. The highest BCUT2D eigenvalue weighted by Gasteiger charge is 2.07. The molecule has 0 atom stereocenters. The number of aromatic nitrogens is 1. The molecule has 5 nitrogen and oxygen atoms in total. The standard InChI is InChI=1S/C15H16N2O3/c1-20-14-5-3-2-4-12(14)6-9-16-15(18)13-7-10-17(19)11-8-13/h2-5,7-8,10-11H,6,9H2,1H3,(H,16,18). The van der Waals surface area contributed by atoms with Crippen LogP contribution >= 0.6 is 0 Å². The fraction of sp³-hybridized carbons (Fsp3) is 0.200. The van der Waals surface area contributed by atoms with Gasteiger partial charge in [-0.15, -0.1) is 0 Å². The highest BCUT2D eigenvalue weighted by Crippen LogP contribution is 2.17. The number of pyridine rings is 1. The van der Waals surface area contributed by atoms with Crippen molar-refractivity contribution in [1.82, 2.24) is 5.32 Å². The number of amides is 1. The van der Waals surface area contributed by atoms with Gasteiger partial charge >= 0.3 is 0 Å². The van der Waals surface area contributed by atoms with Crippen molar-refractivity contribution in [3.05, 3.63) is 65.1 Å². The fourth-order valence-electron chi connectivity index (χ4n) is 1.89. The Hall–Kier alpha value is -2.56. The summed E-state index contributed by atoms with van der Waals surface area (Å²) in [6.45, 7) is 0.505. The van der Waals surface area contributed by atoms with Gasteiger partial charge in [-0.25, -0.2) is 0 Å². The van der Waals surface area contributed by atoms with Crippen molar-refractivity contribution in [3.63, 3.8) is 0 Å². The van der Waals surface area contributed by atoms with Crippen molar-refractivity contribution in [1.29, 1.82) is 0 Å². The largest absolute Gasteiger partial charge is 0.619 e. The number of hydrogen-bond acceptors (Lipinski definition) is 3. The maximum atomic E-state index is 11.8. The monoisotopic (exact) mass is 272 g/mol. The van der Waals surface area contributed by atoms with Gasteiger partial charge in [0.2, 0.25) is 0 Å². The lowest BCUT2D eigenvalue weighted by molar-refractivity contribution is -0.605. The molecule has 0 fully saturated rings. The molecular formula is C15H16N2O3. The Morgan fingerprint density at radius 2 is 1.95 bits per heavy atom. The summed E-state index contributed by atoms with van der Waals surface area (Å²) in [5, 5.41) is 13.7. The molecule has 1 aromatic heterocycles. The summed E-state index contributed by atoms with van der Waals surface area (Å²) in [6, 6.07) is 10.7. The first-order valence-corrected chi connectivity index (χ1v) is 6.29. The fourth-order valence-corrected chi connectivity index (χ4v) is 1.89. The zero-order valence-electron chi connectivity index (χ0n) is 11.2. The van der Waals surface area contributed by atoms with Crippen molar-refractivity contribution < 1.29 is 14.3 Å². The third kappa shape index (κ3) is 3.47. The zero-order valence-corrected chi connectivity index (χ0v) is 11.2. The van der Waals surface area contributed by atoms with Crippen LogP contribution in [0, 0.1) is 5.21 Å². The number of carbonyl (C=O) groups is 1. The molecule has 20 heavy (non-hydrogen) atoms. The highest BCUT2D eigenvalue weighted by molar-refractivity contribution is 5.93. The van der Waals surface area contributed by atoms with Gasteiger partial charge in [0.05, 0.1) is 12.7 Å². The predicted molar refractivity (Wildman–Crippen MR) is 74.4 cm³/mol. The van der Waals surface area contributed by atoms with E-state index in [-0.39, 0.29) is 5.91 Å². The Morgan fingerprint density at radius 3 is 2.65 bits per heavy atom. The molecule has 1 aromatic carbocycles. The molecule has 1 amide bonds. The van der Waals surface area contributed by atoms with Gasteiger partial charge in [0, 0.05) is 18.7 Å². The van der Waals surface area contributed by atoms with Gasteiger partial charge < -0.3 is 15.3 Å². The van der Waals surface area contributed by atoms with E-state index >= 15 is 0 Å². The molecule has 2 aromatic rings. The highest BCUT2D eigenvalue weighted by atomic mass is 16.5. The molecule has 0 aliphatic rings. The molecule has 0 saturated heterocycles. The summed E-state index contributed by atoms with van der Waals surface area (Å²) in [6.07, 6.45) is 3.29. The van der Waals surface area contributed by atoms with Crippen molar-refractivity contribution in [3.8, 4) is 5.75 Å². The SMILES string of the molecule is COc1ccccc1CCNC(=O)c1cc[n+]([O-])cc1. The molecule has 0 unspecified atom stereocenters. The Bertz CT molecular complexity index is 582. The summed E-state index contributed by atoms with van der Waals surface area (Å²) >= 11 is 0. The minimum atomic E-state index is -0.194. The molecule has 1 heterocycles. The van der Waals surface area contributed by atoms with Crippen molar-refractivity contribution in [2.75, 3.05) is 13.7 Å². The molecule has 0 radical (unpaired) electrons. The van der Waals surface area contributed by atoms with Gasteiger partial charge in [0.25, 0.3) is 5.91 Å². The van der Waals surface area contributed by atoms with Gasteiger partial charge in [-0.05, 0) is 18.1 Å².